The Kier molecular flexibility index (Phi) is 26.2. The van der Waals surface area contributed by atoms with Gasteiger partial charge in [0.15, 0.2) is 5.82 Å². The van der Waals surface area contributed by atoms with Crippen molar-refractivity contribution in [1.82, 2.24) is 114 Å². The van der Waals surface area contributed by atoms with Gasteiger partial charge >= 0.3 is 17.9 Å². The minimum atomic E-state index is -0.261. The molecule has 1 aliphatic carbocycles. The number of aryl methyl sites for hydroxylation is 1. The fraction of sp³-hybridized carbons (Fsp3) is 0.374. The summed E-state index contributed by atoms with van der Waals surface area (Å²) >= 11 is 0. The maximum absolute atomic E-state index is 13.4. The molecule has 0 N–H and O–H groups in total. The minimum Gasteiger partial charge on any atom is -0.492 e. The fourth-order valence-corrected chi connectivity index (χ4v) is 19.5. The van der Waals surface area contributed by atoms with Crippen LogP contribution in [-0.2, 0) is 91.5 Å². The number of fused-ring (bicyclic) bond motifs is 7. The molecule has 4 amide bonds. The number of rotatable bonds is 21. The molecule has 10 aliphatic rings. The summed E-state index contributed by atoms with van der Waals surface area (Å²) in [6.07, 6.45) is 21.5. The quantitative estimate of drug-likeness (QED) is 0.0498. The van der Waals surface area contributed by atoms with Gasteiger partial charge in [0, 0.05) is 178 Å². The van der Waals surface area contributed by atoms with Gasteiger partial charge in [-0.1, -0.05) is 71.1 Å². The molecule has 7 aromatic carbocycles. The van der Waals surface area contributed by atoms with Crippen molar-refractivity contribution >= 4 is 52.6 Å². The number of hydrogen-bond acceptors (Lipinski definition) is 28. The monoisotopic (exact) mass is 1820 g/mol. The number of carbonyl (C=O) groups is 7. The lowest BCUT2D eigenvalue weighted by Gasteiger charge is -2.36. The molecule has 9 aliphatic heterocycles. The Bertz CT molecular complexity index is 6460. The molecule has 23 rings (SSSR count). The van der Waals surface area contributed by atoms with Crippen LogP contribution in [0.25, 0.3) is 33.9 Å². The van der Waals surface area contributed by atoms with Crippen LogP contribution in [0.2, 0.25) is 0 Å². The first-order chi connectivity index (χ1) is 66.1. The Morgan fingerprint density at radius 1 is 0.415 bits per heavy atom. The summed E-state index contributed by atoms with van der Waals surface area (Å²) in [6, 6.07) is 43.7. The van der Waals surface area contributed by atoms with Gasteiger partial charge in [0.2, 0.25) is 23.6 Å². The van der Waals surface area contributed by atoms with Crippen molar-refractivity contribution in [2.24, 2.45) is 0 Å². The number of carbonyl (C=O) groups excluding carboxylic acids is 7. The molecule has 36 nitrogen and oxygen atoms in total. The highest BCUT2D eigenvalue weighted by molar-refractivity contribution is 5.95. The number of aromatic nitrogens is 15. The number of cyclic esters (lactones) is 3. The molecule has 36 heteroatoms. The zero-order valence-electron chi connectivity index (χ0n) is 75.1. The Morgan fingerprint density at radius 2 is 0.911 bits per heavy atom. The normalized spacial score (nSPS) is 18.5. The summed E-state index contributed by atoms with van der Waals surface area (Å²) in [5.74, 6) is 1.63. The van der Waals surface area contributed by atoms with Gasteiger partial charge in [-0.05, 0) is 166 Å². The van der Waals surface area contributed by atoms with Gasteiger partial charge in [0.05, 0.1) is 77.5 Å². The number of hydrogen-bond donors (Lipinski definition) is 0. The smallest absolute Gasteiger partial charge is 0.338 e. The van der Waals surface area contributed by atoms with Crippen molar-refractivity contribution in [1.29, 1.82) is 0 Å². The maximum atomic E-state index is 13.4. The molecule has 0 radical (unpaired) electrons. The molecule has 3 atom stereocenters. The van der Waals surface area contributed by atoms with E-state index in [2.05, 4.69) is 119 Å². The fourth-order valence-electron chi connectivity index (χ4n) is 19.5. The lowest BCUT2D eigenvalue weighted by Crippen LogP contribution is -2.50. The zero-order chi connectivity index (χ0) is 91.8. The van der Waals surface area contributed by atoms with Gasteiger partial charge in [0.25, 0.3) is 0 Å². The molecule has 4 saturated heterocycles. The first-order valence-corrected chi connectivity index (χ1v) is 46.3. The molecule has 6 aromatic heterocycles. The third kappa shape index (κ3) is 19.9. The van der Waals surface area contributed by atoms with E-state index in [9.17, 15) is 33.6 Å². The first-order valence-electron chi connectivity index (χ1n) is 46.3. The van der Waals surface area contributed by atoms with Crippen LogP contribution in [0.3, 0.4) is 0 Å². The third-order valence-corrected chi connectivity index (χ3v) is 27.5. The van der Waals surface area contributed by atoms with Gasteiger partial charge in [0.1, 0.15) is 86.1 Å². The van der Waals surface area contributed by atoms with Gasteiger partial charge in [-0.25, -0.2) is 52.7 Å². The molecular weight excluding hydrogens is 1720 g/mol. The average Bonchev–Trinajstić information content (AvgIpc) is 1.66. The average molecular weight is 1820 g/mol. The Hall–Kier alpha value is -14.6. The highest BCUT2D eigenvalue weighted by atomic mass is 16.6. The van der Waals surface area contributed by atoms with Crippen molar-refractivity contribution in [3.8, 4) is 34.4 Å². The summed E-state index contributed by atoms with van der Waals surface area (Å²) in [7, 11) is 0. The summed E-state index contributed by atoms with van der Waals surface area (Å²) in [5, 5.41) is 31.7. The lowest BCUT2D eigenvalue weighted by atomic mass is 9.96. The van der Waals surface area contributed by atoms with Crippen LogP contribution in [-0.4, -0.2) is 306 Å². The van der Waals surface area contributed by atoms with E-state index in [1.165, 1.54) is 46.0 Å². The molecule has 0 saturated carbocycles. The second kappa shape index (κ2) is 40.1. The van der Waals surface area contributed by atoms with Gasteiger partial charge < -0.3 is 43.3 Å². The molecule has 3 unspecified atom stereocenters. The van der Waals surface area contributed by atoms with E-state index in [0.29, 0.717) is 75.1 Å². The number of pyridine rings is 1. The number of ether oxygens (including phenoxy) is 5. The second-order valence-electron chi connectivity index (χ2n) is 35.4. The molecule has 692 valence electrons. The topological polar surface area (TPSA) is 366 Å². The molecule has 0 spiro atoms. The van der Waals surface area contributed by atoms with Crippen molar-refractivity contribution in [2.45, 2.75) is 89.3 Å². The summed E-state index contributed by atoms with van der Waals surface area (Å²) < 4.78 is 38.6. The Labute approximate surface area is 777 Å². The standard InChI is InChI=1S/C27H29N5O3.C25H25N5O4.C24H26N6O3.C23H23N7O3/c1-18-19(2-6-24-25(18)15-35-27(24)34)8-9-30-10-12-31(13-11-30)26(33)23-5-3-20-14-21(4-7-22(20)23)32-17-28-16-29-32;31-24(22-16-33-23-14-19(2-4-21(22)23)30-8-6-26-27-30)29-11-9-28(10-12-29)7-5-17-1-3-20-18(13-17)15-34-25(20)32;31-23(14-19-2-4-22(26-15-19)30-17-25-16-27-30)29-10-8-28(9-11-29)7-5-18-1-3-21-20(13-18)6-12-33-24(21)32;31-23(19-15-32-22-14-17(2-3-18(19)22)30-8-6-24-27-30)29-11-9-28(10-12-29)7-5-16-1-4-20-21(13-16)26-33-25-20/h2,4,6-7,14,16-17,23H,3,5,8-13,15H2,1H3;1-4,6,8,13-14,22H,5,7,9-12,15-16H2;1-4,13,15-17H,5-12,14H2;1-4,6,8,13-14,19H,5,7,9-12,15H2. The summed E-state index contributed by atoms with van der Waals surface area (Å²) in [5.41, 5.74) is 20.8. The first kappa shape index (κ1) is 88.3. The minimum absolute atomic E-state index is 0.0414. The van der Waals surface area contributed by atoms with E-state index in [-0.39, 0.29) is 59.3 Å². The van der Waals surface area contributed by atoms with E-state index in [0.717, 1.165) is 241 Å². The van der Waals surface area contributed by atoms with Crippen LogP contribution < -0.4 is 9.47 Å². The predicted octanol–water partition coefficient (Wildman–Crippen LogP) is 7.43. The molecule has 4 fully saturated rings. The zero-order valence-corrected chi connectivity index (χ0v) is 75.1. The van der Waals surface area contributed by atoms with E-state index < -0.39 is 0 Å². The van der Waals surface area contributed by atoms with Crippen LogP contribution >= 0.6 is 0 Å². The lowest BCUT2D eigenvalue weighted by molar-refractivity contribution is -0.135. The molecular formula is C99H103N23O13. The highest BCUT2D eigenvalue weighted by Crippen LogP contribution is 2.41. The number of amides is 4. The second-order valence-corrected chi connectivity index (χ2v) is 35.4. The van der Waals surface area contributed by atoms with E-state index in [1.54, 1.807) is 62.4 Å². The van der Waals surface area contributed by atoms with Crippen molar-refractivity contribution < 1.29 is 61.9 Å². The van der Waals surface area contributed by atoms with Crippen molar-refractivity contribution in [3.05, 3.63) is 279 Å². The van der Waals surface area contributed by atoms with E-state index in [4.69, 9.17) is 28.3 Å². The number of esters is 3. The largest absolute Gasteiger partial charge is 0.492 e. The van der Waals surface area contributed by atoms with Crippen LogP contribution in [0.5, 0.6) is 11.5 Å². The van der Waals surface area contributed by atoms with Crippen LogP contribution in [0.4, 0.5) is 0 Å². The van der Waals surface area contributed by atoms with Crippen LogP contribution in [0.1, 0.15) is 128 Å². The third-order valence-electron chi connectivity index (χ3n) is 27.5. The Balaban J connectivity index is 0.000000112. The van der Waals surface area contributed by atoms with E-state index >= 15 is 0 Å². The van der Waals surface area contributed by atoms with Crippen LogP contribution in [0, 0.1) is 6.92 Å². The highest BCUT2D eigenvalue weighted by Gasteiger charge is 2.39. The summed E-state index contributed by atoms with van der Waals surface area (Å²) in [6.45, 7) is 20.7. The van der Waals surface area contributed by atoms with Gasteiger partial charge in [-0.15, -0.1) is 10.2 Å². The van der Waals surface area contributed by atoms with Gasteiger partial charge in [-0.3, -0.25) is 38.8 Å². The van der Waals surface area contributed by atoms with Crippen molar-refractivity contribution in [2.75, 3.05) is 151 Å². The number of nitrogens with zero attached hydrogens (tertiary/aromatic N) is 23. The predicted molar refractivity (Wildman–Crippen MR) is 489 cm³/mol. The SMILES string of the molecule is Cc1c(CCN2CCN(C(=O)C3CCc4cc(-n5cncn5)ccc43)CC2)ccc2c1COC2=O.O=C(C1COc2cc(-n3ccnn3)ccc21)N1CCN(CCc2ccc3nonc3c2)CC1.O=C1OCCc2cc(CCN3CCN(C(=O)Cc4ccc(-n5cncn5)nc4)CC3)ccc21.O=C1OCc2cc(CCN3CCN(C(=O)C4COc5cc(-n6ccnn6)ccc54)CC3)ccc21. The van der Waals surface area contributed by atoms with Crippen molar-refractivity contribution in [3.63, 3.8) is 0 Å². The van der Waals surface area contributed by atoms with Crippen LogP contribution in [0.15, 0.2) is 194 Å². The Morgan fingerprint density at radius 3 is 1.48 bits per heavy atom. The number of piperazine rings is 4. The summed E-state index contributed by atoms with van der Waals surface area (Å²) in [4.78, 5) is 118. The number of benzene rings is 7. The molecule has 13 aromatic rings. The molecule has 15 heterocycles. The molecule has 135 heavy (non-hydrogen) atoms. The van der Waals surface area contributed by atoms with Gasteiger partial charge in [-0.2, -0.15) is 10.2 Å². The molecule has 0 bridgehead atoms. The maximum Gasteiger partial charge on any atom is 0.338 e. The van der Waals surface area contributed by atoms with E-state index in [1.807, 2.05) is 117 Å².